The highest BCUT2D eigenvalue weighted by Crippen LogP contribution is 2.29. The van der Waals surface area contributed by atoms with Crippen molar-refractivity contribution in [3.8, 4) is 0 Å². The molecule has 0 atom stereocenters. The van der Waals surface area contributed by atoms with Crippen LogP contribution in [0, 0.1) is 0 Å². The summed E-state index contributed by atoms with van der Waals surface area (Å²) in [6, 6.07) is 0.841. The number of rotatable bonds is 6. The van der Waals surface area contributed by atoms with Gasteiger partial charge >= 0.3 is 6.18 Å². The fourth-order valence-electron chi connectivity index (χ4n) is 1.60. The summed E-state index contributed by atoms with van der Waals surface area (Å²) in [6.45, 7) is 2.59. The highest BCUT2D eigenvalue weighted by molar-refractivity contribution is 5.94. The van der Waals surface area contributed by atoms with Gasteiger partial charge in [0.05, 0.1) is 6.54 Å². The van der Waals surface area contributed by atoms with Crippen molar-refractivity contribution in [1.29, 1.82) is 0 Å². The summed E-state index contributed by atoms with van der Waals surface area (Å²) in [4.78, 5) is 13.6. The van der Waals surface area contributed by atoms with E-state index >= 15 is 0 Å². The molecule has 108 valence electrons. The van der Waals surface area contributed by atoms with Crippen molar-refractivity contribution in [3.63, 3.8) is 0 Å². The van der Waals surface area contributed by atoms with Crippen LogP contribution in [0.15, 0.2) is 6.07 Å². The summed E-state index contributed by atoms with van der Waals surface area (Å²) >= 11 is 0. The molecule has 0 bridgehead atoms. The summed E-state index contributed by atoms with van der Waals surface area (Å²) in [5.74, 6) is -0.302. The SMILES string of the molecule is CCCC(=O)c1cc(C(F)(F)F)nn1CCN(C)C. The third-order valence-electron chi connectivity index (χ3n) is 2.59. The third kappa shape index (κ3) is 4.34. The Bertz CT molecular complexity index is 438. The number of aromatic nitrogens is 2. The standard InChI is InChI=1S/C12H18F3N3O/c1-4-5-10(19)9-8-11(12(13,14)15)16-18(9)7-6-17(2)3/h8H,4-7H2,1-3H3. The molecule has 0 aliphatic heterocycles. The van der Waals surface area contributed by atoms with Crippen LogP contribution in [-0.4, -0.2) is 41.1 Å². The van der Waals surface area contributed by atoms with Crippen LogP contribution >= 0.6 is 0 Å². The van der Waals surface area contributed by atoms with Crippen molar-refractivity contribution in [1.82, 2.24) is 14.7 Å². The number of Topliss-reactive ketones (excluding diaryl/α,β-unsaturated/α-hetero) is 1. The highest BCUT2D eigenvalue weighted by atomic mass is 19.4. The van der Waals surface area contributed by atoms with E-state index in [4.69, 9.17) is 0 Å². The molecule has 1 aromatic heterocycles. The number of halogens is 3. The van der Waals surface area contributed by atoms with Crippen LogP contribution in [0.25, 0.3) is 0 Å². The highest BCUT2D eigenvalue weighted by Gasteiger charge is 2.35. The van der Waals surface area contributed by atoms with Gasteiger partial charge in [-0.3, -0.25) is 9.48 Å². The molecule has 0 radical (unpaired) electrons. The normalized spacial score (nSPS) is 12.2. The second-order valence-electron chi connectivity index (χ2n) is 4.61. The summed E-state index contributed by atoms with van der Waals surface area (Å²) in [5, 5.41) is 3.50. The minimum Gasteiger partial charge on any atom is -0.308 e. The van der Waals surface area contributed by atoms with Gasteiger partial charge < -0.3 is 4.90 Å². The molecule has 19 heavy (non-hydrogen) atoms. The topological polar surface area (TPSA) is 38.1 Å². The average Bonchev–Trinajstić information content (AvgIpc) is 2.70. The minimum absolute atomic E-state index is 0.0380. The lowest BCUT2D eigenvalue weighted by Gasteiger charge is -2.11. The summed E-state index contributed by atoms with van der Waals surface area (Å²) in [6.07, 6.45) is -3.70. The Morgan fingerprint density at radius 2 is 2.05 bits per heavy atom. The molecule has 1 heterocycles. The maximum Gasteiger partial charge on any atom is 0.435 e. The first kappa shape index (κ1) is 15.7. The molecule has 4 nitrogen and oxygen atoms in total. The first-order valence-corrected chi connectivity index (χ1v) is 6.08. The van der Waals surface area contributed by atoms with Crippen LogP contribution in [-0.2, 0) is 12.7 Å². The lowest BCUT2D eigenvalue weighted by molar-refractivity contribution is -0.141. The Balaban J connectivity index is 3.04. The van der Waals surface area contributed by atoms with E-state index < -0.39 is 11.9 Å². The molecule has 0 saturated carbocycles. The van der Waals surface area contributed by atoms with E-state index in [9.17, 15) is 18.0 Å². The van der Waals surface area contributed by atoms with Gasteiger partial charge in [0.15, 0.2) is 11.5 Å². The molecular weight excluding hydrogens is 259 g/mol. The number of ketones is 1. The molecule has 0 spiro atoms. The van der Waals surface area contributed by atoms with E-state index in [1.54, 1.807) is 0 Å². The van der Waals surface area contributed by atoms with Gasteiger partial charge in [0, 0.05) is 13.0 Å². The molecule has 1 rings (SSSR count). The summed E-state index contributed by atoms with van der Waals surface area (Å²) < 4.78 is 39.0. The quantitative estimate of drug-likeness (QED) is 0.750. The molecule has 0 aromatic carbocycles. The van der Waals surface area contributed by atoms with Gasteiger partial charge in [-0.1, -0.05) is 6.92 Å². The van der Waals surface area contributed by atoms with E-state index in [0.29, 0.717) is 13.0 Å². The molecule has 0 unspecified atom stereocenters. The number of carbonyl (C=O) groups excluding carboxylic acids is 1. The van der Waals surface area contributed by atoms with Gasteiger partial charge in [0.1, 0.15) is 5.69 Å². The van der Waals surface area contributed by atoms with Crippen molar-refractivity contribution in [2.45, 2.75) is 32.5 Å². The zero-order valence-corrected chi connectivity index (χ0v) is 11.3. The Morgan fingerprint density at radius 1 is 1.42 bits per heavy atom. The molecule has 0 aliphatic rings. The largest absolute Gasteiger partial charge is 0.435 e. The zero-order chi connectivity index (χ0) is 14.6. The maximum absolute atomic E-state index is 12.6. The summed E-state index contributed by atoms with van der Waals surface area (Å²) in [7, 11) is 3.61. The molecule has 7 heteroatoms. The van der Waals surface area contributed by atoms with Crippen molar-refractivity contribution in [2.75, 3.05) is 20.6 Å². The second-order valence-corrected chi connectivity index (χ2v) is 4.61. The van der Waals surface area contributed by atoms with Crippen molar-refractivity contribution in [2.24, 2.45) is 0 Å². The average molecular weight is 277 g/mol. The Hall–Kier alpha value is -1.37. The van der Waals surface area contributed by atoms with Crippen molar-refractivity contribution in [3.05, 3.63) is 17.5 Å². The first-order valence-electron chi connectivity index (χ1n) is 6.08. The van der Waals surface area contributed by atoms with Gasteiger partial charge in [-0.2, -0.15) is 18.3 Å². The monoisotopic (exact) mass is 277 g/mol. The van der Waals surface area contributed by atoms with Gasteiger partial charge in [0.25, 0.3) is 0 Å². The molecule has 0 saturated heterocycles. The predicted molar refractivity (Wildman–Crippen MR) is 65.0 cm³/mol. The number of nitrogens with zero attached hydrogens (tertiary/aromatic N) is 3. The fraction of sp³-hybridized carbons (Fsp3) is 0.667. The van der Waals surface area contributed by atoms with Crippen LogP contribution in [0.1, 0.15) is 35.9 Å². The summed E-state index contributed by atoms with van der Waals surface area (Å²) in [5.41, 5.74) is -0.971. The van der Waals surface area contributed by atoms with Gasteiger partial charge in [-0.25, -0.2) is 0 Å². The first-order chi connectivity index (χ1) is 8.75. The predicted octanol–water partition coefficient (Wildman–Crippen LogP) is 2.45. The number of hydrogen-bond donors (Lipinski definition) is 0. The Labute approximate surface area is 110 Å². The van der Waals surface area contributed by atoms with Crippen LogP contribution in [0.5, 0.6) is 0 Å². The van der Waals surface area contributed by atoms with E-state index in [1.165, 1.54) is 0 Å². The lowest BCUT2D eigenvalue weighted by atomic mass is 10.1. The molecule has 1 aromatic rings. The van der Waals surface area contributed by atoms with E-state index in [0.717, 1.165) is 10.7 Å². The lowest BCUT2D eigenvalue weighted by Crippen LogP contribution is -2.21. The number of likely N-dealkylation sites (N-methyl/N-ethyl adjacent to an activating group) is 1. The van der Waals surface area contributed by atoms with Crippen LogP contribution in [0.2, 0.25) is 0 Å². The Morgan fingerprint density at radius 3 is 2.53 bits per heavy atom. The van der Waals surface area contributed by atoms with Crippen molar-refractivity contribution >= 4 is 5.78 Å². The van der Waals surface area contributed by atoms with Crippen molar-refractivity contribution < 1.29 is 18.0 Å². The number of hydrogen-bond acceptors (Lipinski definition) is 3. The molecule has 0 aliphatic carbocycles. The second kappa shape index (κ2) is 6.18. The number of carbonyl (C=O) groups is 1. The molecule has 0 amide bonds. The third-order valence-corrected chi connectivity index (χ3v) is 2.59. The van der Waals surface area contributed by atoms with Crippen LogP contribution in [0.4, 0.5) is 13.2 Å². The molecule has 0 fully saturated rings. The van der Waals surface area contributed by atoms with E-state index in [-0.39, 0.29) is 24.4 Å². The maximum atomic E-state index is 12.6. The van der Waals surface area contributed by atoms with Crippen LogP contribution in [0.3, 0.4) is 0 Å². The van der Waals surface area contributed by atoms with Gasteiger partial charge in [-0.05, 0) is 26.6 Å². The van der Waals surface area contributed by atoms with Gasteiger partial charge in [0.2, 0.25) is 0 Å². The van der Waals surface area contributed by atoms with Gasteiger partial charge in [-0.15, -0.1) is 0 Å². The Kier molecular flexibility index (Phi) is 5.11. The smallest absolute Gasteiger partial charge is 0.308 e. The van der Waals surface area contributed by atoms with E-state index in [2.05, 4.69) is 5.10 Å². The van der Waals surface area contributed by atoms with E-state index in [1.807, 2.05) is 25.9 Å². The van der Waals surface area contributed by atoms with Crippen LogP contribution < -0.4 is 0 Å². The number of alkyl halides is 3. The zero-order valence-electron chi connectivity index (χ0n) is 11.3. The fourth-order valence-corrected chi connectivity index (χ4v) is 1.60. The molecule has 0 N–H and O–H groups in total. The minimum atomic E-state index is -4.52. The molecular formula is C12H18F3N3O.